The van der Waals surface area contributed by atoms with Gasteiger partial charge in [0, 0.05) is 13.1 Å². The van der Waals surface area contributed by atoms with E-state index in [-0.39, 0.29) is 5.37 Å². The molecule has 1 saturated carbocycles. The summed E-state index contributed by atoms with van der Waals surface area (Å²) in [5.41, 5.74) is 0. The monoisotopic (exact) mass is 203 g/mol. The standard InChI is InChI=1S/C10H18ClNO/c1-3-8-4-6-9(7-5-8)12(2)10(11)13/h8-9H,3-7H2,1-2H3. The summed E-state index contributed by atoms with van der Waals surface area (Å²) in [5, 5.41) is -0.319. The smallest absolute Gasteiger partial charge is 0.316 e. The highest BCUT2D eigenvalue weighted by atomic mass is 35.5. The zero-order valence-corrected chi connectivity index (χ0v) is 9.18. The minimum Gasteiger partial charge on any atom is -0.329 e. The second-order valence-corrected chi connectivity index (χ2v) is 4.27. The molecule has 0 aromatic carbocycles. The summed E-state index contributed by atoms with van der Waals surface area (Å²) in [6.07, 6.45) is 6.00. The van der Waals surface area contributed by atoms with Crippen LogP contribution in [-0.2, 0) is 0 Å². The van der Waals surface area contributed by atoms with Gasteiger partial charge in [-0.1, -0.05) is 13.3 Å². The Hall–Kier alpha value is -0.240. The molecule has 76 valence electrons. The number of hydrogen-bond acceptors (Lipinski definition) is 1. The SMILES string of the molecule is CCC1CCC(N(C)C(=O)Cl)CC1. The second-order valence-electron chi connectivity index (χ2n) is 3.95. The van der Waals surface area contributed by atoms with Gasteiger partial charge in [-0.25, -0.2) is 0 Å². The summed E-state index contributed by atoms with van der Waals surface area (Å²) in [6.45, 7) is 2.24. The highest BCUT2D eigenvalue weighted by Gasteiger charge is 2.24. The summed E-state index contributed by atoms with van der Waals surface area (Å²) in [6, 6.07) is 0.382. The van der Waals surface area contributed by atoms with Gasteiger partial charge >= 0.3 is 5.37 Å². The van der Waals surface area contributed by atoms with Crippen LogP contribution >= 0.6 is 11.6 Å². The van der Waals surface area contributed by atoms with E-state index in [1.54, 1.807) is 11.9 Å². The Morgan fingerprint density at radius 2 is 1.92 bits per heavy atom. The van der Waals surface area contributed by atoms with E-state index in [2.05, 4.69) is 6.92 Å². The number of carbonyl (C=O) groups excluding carboxylic acids is 1. The Morgan fingerprint density at radius 3 is 2.31 bits per heavy atom. The van der Waals surface area contributed by atoms with Crippen LogP contribution in [0.2, 0.25) is 0 Å². The zero-order chi connectivity index (χ0) is 9.84. The molecule has 0 aromatic rings. The molecule has 0 aliphatic heterocycles. The number of nitrogens with zero attached hydrogens (tertiary/aromatic N) is 1. The molecule has 0 radical (unpaired) electrons. The Morgan fingerprint density at radius 1 is 1.38 bits per heavy atom. The lowest BCUT2D eigenvalue weighted by Crippen LogP contribution is -2.36. The number of amides is 1. The van der Waals surface area contributed by atoms with Gasteiger partial charge in [-0.3, -0.25) is 4.79 Å². The molecule has 0 N–H and O–H groups in total. The van der Waals surface area contributed by atoms with Gasteiger partial charge < -0.3 is 4.90 Å². The molecule has 1 amide bonds. The predicted octanol–water partition coefficient (Wildman–Crippen LogP) is 3.25. The largest absolute Gasteiger partial charge is 0.329 e. The van der Waals surface area contributed by atoms with Gasteiger partial charge in [0.15, 0.2) is 0 Å². The van der Waals surface area contributed by atoms with Crippen molar-refractivity contribution in [1.29, 1.82) is 0 Å². The van der Waals surface area contributed by atoms with Crippen molar-refractivity contribution in [2.45, 2.75) is 45.1 Å². The quantitative estimate of drug-likeness (QED) is 0.499. The van der Waals surface area contributed by atoms with Gasteiger partial charge in [0.1, 0.15) is 0 Å². The maximum atomic E-state index is 10.9. The van der Waals surface area contributed by atoms with Crippen molar-refractivity contribution in [1.82, 2.24) is 4.90 Å². The van der Waals surface area contributed by atoms with Crippen molar-refractivity contribution in [3.8, 4) is 0 Å². The molecule has 3 heteroatoms. The molecule has 0 bridgehead atoms. The molecular weight excluding hydrogens is 186 g/mol. The molecule has 1 rings (SSSR count). The van der Waals surface area contributed by atoms with Crippen molar-refractivity contribution < 1.29 is 4.79 Å². The molecule has 0 aromatic heterocycles. The Balaban J connectivity index is 2.36. The summed E-state index contributed by atoms with van der Waals surface area (Å²) in [4.78, 5) is 12.6. The lowest BCUT2D eigenvalue weighted by Gasteiger charge is -2.33. The fraction of sp³-hybridized carbons (Fsp3) is 0.900. The lowest BCUT2D eigenvalue weighted by atomic mass is 9.84. The van der Waals surface area contributed by atoms with Crippen LogP contribution in [0.4, 0.5) is 4.79 Å². The van der Waals surface area contributed by atoms with Crippen LogP contribution in [-0.4, -0.2) is 23.4 Å². The first-order chi connectivity index (χ1) is 6.15. The summed E-state index contributed by atoms with van der Waals surface area (Å²) in [7, 11) is 1.80. The molecule has 0 unspecified atom stereocenters. The van der Waals surface area contributed by atoms with Crippen LogP contribution in [0.5, 0.6) is 0 Å². The van der Waals surface area contributed by atoms with E-state index in [9.17, 15) is 4.79 Å². The van der Waals surface area contributed by atoms with Crippen molar-refractivity contribution in [2.24, 2.45) is 5.92 Å². The Labute approximate surface area is 85.2 Å². The maximum Gasteiger partial charge on any atom is 0.316 e. The van der Waals surface area contributed by atoms with E-state index in [0.717, 1.165) is 18.8 Å². The molecule has 2 nitrogen and oxygen atoms in total. The normalized spacial score (nSPS) is 28.5. The fourth-order valence-electron chi connectivity index (χ4n) is 2.08. The summed E-state index contributed by atoms with van der Waals surface area (Å²) >= 11 is 5.42. The first kappa shape index (κ1) is 10.8. The van der Waals surface area contributed by atoms with Crippen LogP contribution in [0.3, 0.4) is 0 Å². The average molecular weight is 204 g/mol. The van der Waals surface area contributed by atoms with Gasteiger partial charge in [0.25, 0.3) is 0 Å². The van der Waals surface area contributed by atoms with E-state index >= 15 is 0 Å². The highest BCUT2D eigenvalue weighted by molar-refractivity contribution is 6.62. The van der Waals surface area contributed by atoms with Gasteiger partial charge in [-0.05, 0) is 43.2 Å². The molecular formula is C10H18ClNO. The summed E-state index contributed by atoms with van der Waals surface area (Å²) < 4.78 is 0. The predicted molar refractivity (Wildman–Crippen MR) is 55.0 cm³/mol. The fourth-order valence-corrected chi connectivity index (χ4v) is 2.22. The number of hydrogen-bond donors (Lipinski definition) is 0. The lowest BCUT2D eigenvalue weighted by molar-refractivity contribution is 0.178. The molecule has 1 aliphatic rings. The van der Waals surface area contributed by atoms with E-state index in [1.807, 2.05) is 0 Å². The van der Waals surface area contributed by atoms with Gasteiger partial charge in [0.2, 0.25) is 0 Å². The van der Waals surface area contributed by atoms with E-state index in [1.165, 1.54) is 19.3 Å². The van der Waals surface area contributed by atoms with Crippen molar-refractivity contribution >= 4 is 17.0 Å². The average Bonchev–Trinajstić information content (AvgIpc) is 2.17. The van der Waals surface area contributed by atoms with Gasteiger partial charge in [-0.2, -0.15) is 0 Å². The molecule has 1 aliphatic carbocycles. The van der Waals surface area contributed by atoms with Crippen molar-refractivity contribution in [3.63, 3.8) is 0 Å². The van der Waals surface area contributed by atoms with Crippen LogP contribution < -0.4 is 0 Å². The molecule has 0 heterocycles. The third-order valence-corrected chi connectivity index (χ3v) is 3.49. The molecule has 0 saturated heterocycles. The van der Waals surface area contributed by atoms with Crippen LogP contribution in [0, 0.1) is 5.92 Å². The van der Waals surface area contributed by atoms with E-state index < -0.39 is 0 Å². The van der Waals surface area contributed by atoms with E-state index in [4.69, 9.17) is 11.6 Å². The third-order valence-electron chi connectivity index (χ3n) is 3.22. The summed E-state index contributed by atoms with van der Waals surface area (Å²) in [5.74, 6) is 0.870. The second kappa shape index (κ2) is 4.85. The van der Waals surface area contributed by atoms with Gasteiger partial charge in [0.05, 0.1) is 0 Å². The minimum atomic E-state index is -0.319. The Kier molecular flexibility index (Phi) is 4.04. The van der Waals surface area contributed by atoms with Crippen molar-refractivity contribution in [2.75, 3.05) is 7.05 Å². The zero-order valence-electron chi connectivity index (χ0n) is 8.42. The third kappa shape index (κ3) is 2.87. The molecule has 0 atom stereocenters. The van der Waals surface area contributed by atoms with E-state index in [0.29, 0.717) is 6.04 Å². The maximum absolute atomic E-state index is 10.9. The Bertz CT molecular complexity index is 176. The van der Waals surface area contributed by atoms with Crippen LogP contribution in [0.15, 0.2) is 0 Å². The highest BCUT2D eigenvalue weighted by Crippen LogP contribution is 2.29. The van der Waals surface area contributed by atoms with Crippen LogP contribution in [0.1, 0.15) is 39.0 Å². The molecule has 0 spiro atoms. The molecule has 1 fully saturated rings. The number of carbonyl (C=O) groups is 1. The minimum absolute atomic E-state index is 0.319. The number of rotatable bonds is 2. The van der Waals surface area contributed by atoms with Gasteiger partial charge in [-0.15, -0.1) is 0 Å². The topological polar surface area (TPSA) is 20.3 Å². The number of halogens is 1. The first-order valence-corrected chi connectivity index (χ1v) is 5.45. The molecule has 13 heavy (non-hydrogen) atoms. The first-order valence-electron chi connectivity index (χ1n) is 5.07. The van der Waals surface area contributed by atoms with Crippen molar-refractivity contribution in [3.05, 3.63) is 0 Å². The van der Waals surface area contributed by atoms with Crippen LogP contribution in [0.25, 0.3) is 0 Å².